The third-order valence-electron chi connectivity index (χ3n) is 3.85. The highest BCUT2D eigenvalue weighted by atomic mass is 32.2. The minimum Gasteiger partial charge on any atom is -0.461 e. The van der Waals surface area contributed by atoms with Crippen LogP contribution in [-0.4, -0.2) is 40.5 Å². The molecule has 2 aromatic heterocycles. The van der Waals surface area contributed by atoms with Gasteiger partial charge in [0.25, 0.3) is 0 Å². The summed E-state index contributed by atoms with van der Waals surface area (Å²) >= 11 is 1.34. The van der Waals surface area contributed by atoms with Gasteiger partial charge in [0, 0.05) is 33.4 Å². The number of hydrogen-bond donors (Lipinski definition) is 1. The lowest BCUT2D eigenvalue weighted by molar-refractivity contribution is -0.118. The zero-order chi connectivity index (χ0) is 18.5. The van der Waals surface area contributed by atoms with Gasteiger partial charge in [0.2, 0.25) is 5.91 Å². The lowest BCUT2D eigenvalue weighted by atomic mass is 10.2. The second-order valence-electron chi connectivity index (χ2n) is 5.97. The van der Waals surface area contributed by atoms with Crippen LogP contribution < -0.4 is 10.2 Å². The fourth-order valence-corrected chi connectivity index (χ4v) is 3.10. The highest BCUT2D eigenvalue weighted by molar-refractivity contribution is 7.99. The Labute approximate surface area is 156 Å². The first-order valence-corrected chi connectivity index (χ1v) is 9.12. The third-order valence-corrected chi connectivity index (χ3v) is 4.87. The van der Waals surface area contributed by atoms with E-state index in [1.807, 2.05) is 60.9 Å². The Hall–Kier alpha value is -2.74. The molecule has 0 saturated heterocycles. The van der Waals surface area contributed by atoms with E-state index in [4.69, 9.17) is 4.42 Å². The molecule has 3 rings (SSSR count). The molecule has 0 bridgehead atoms. The zero-order valence-corrected chi connectivity index (χ0v) is 15.8. The first kappa shape index (κ1) is 18.1. The summed E-state index contributed by atoms with van der Waals surface area (Å²) in [5.41, 5.74) is 2.19. The van der Waals surface area contributed by atoms with E-state index in [0.29, 0.717) is 23.3 Å². The molecule has 8 heteroatoms. The molecule has 7 nitrogen and oxygen atoms in total. The Morgan fingerprint density at radius 3 is 2.65 bits per heavy atom. The molecule has 1 N–H and O–H groups in total. The number of benzene rings is 1. The number of furan rings is 1. The van der Waals surface area contributed by atoms with Crippen LogP contribution in [0.2, 0.25) is 0 Å². The van der Waals surface area contributed by atoms with Crippen molar-refractivity contribution in [3.63, 3.8) is 0 Å². The van der Waals surface area contributed by atoms with Crippen LogP contribution in [0, 0.1) is 0 Å². The fourth-order valence-electron chi connectivity index (χ4n) is 2.35. The van der Waals surface area contributed by atoms with Crippen LogP contribution in [0.4, 0.5) is 5.69 Å². The lowest BCUT2D eigenvalue weighted by Gasteiger charge is -2.12. The largest absolute Gasteiger partial charge is 0.461 e. The molecule has 0 aliphatic rings. The molecule has 0 aliphatic carbocycles. The molecular weight excluding hydrogens is 350 g/mol. The summed E-state index contributed by atoms with van der Waals surface area (Å²) in [6.07, 6.45) is 1.59. The van der Waals surface area contributed by atoms with Crippen molar-refractivity contribution >= 4 is 23.4 Å². The van der Waals surface area contributed by atoms with Crippen molar-refractivity contribution in [1.29, 1.82) is 0 Å². The van der Waals surface area contributed by atoms with Crippen LogP contribution in [0.15, 0.2) is 52.2 Å². The standard InChI is InChI=1S/C18H21N5O2S/c1-22(2)14-8-6-13(7-9-14)11-19-16(24)12-26-18-21-20-17(23(18)3)15-5-4-10-25-15/h4-10H,11-12H2,1-3H3,(H,19,24). The van der Waals surface area contributed by atoms with Crippen LogP contribution in [0.25, 0.3) is 11.6 Å². The predicted molar refractivity (Wildman–Crippen MR) is 102 cm³/mol. The van der Waals surface area contributed by atoms with Gasteiger partial charge in [-0.1, -0.05) is 23.9 Å². The summed E-state index contributed by atoms with van der Waals surface area (Å²) in [4.78, 5) is 14.1. The topological polar surface area (TPSA) is 76.2 Å². The van der Waals surface area contributed by atoms with Crippen LogP contribution in [-0.2, 0) is 18.4 Å². The summed E-state index contributed by atoms with van der Waals surface area (Å²) in [5, 5.41) is 11.8. The Bertz CT molecular complexity index is 856. The number of carbonyl (C=O) groups excluding carboxylic acids is 1. The number of amides is 1. The van der Waals surface area contributed by atoms with E-state index in [-0.39, 0.29) is 11.7 Å². The van der Waals surface area contributed by atoms with E-state index < -0.39 is 0 Å². The molecule has 136 valence electrons. The lowest BCUT2D eigenvalue weighted by Crippen LogP contribution is -2.24. The molecule has 0 unspecified atom stereocenters. The molecule has 2 heterocycles. The first-order chi connectivity index (χ1) is 12.5. The normalized spacial score (nSPS) is 10.7. The van der Waals surface area contributed by atoms with Gasteiger partial charge in [-0.15, -0.1) is 10.2 Å². The van der Waals surface area contributed by atoms with Gasteiger partial charge in [-0.05, 0) is 29.8 Å². The molecule has 3 aromatic rings. The van der Waals surface area contributed by atoms with Crippen molar-refractivity contribution in [2.75, 3.05) is 24.7 Å². The number of thioether (sulfide) groups is 1. The van der Waals surface area contributed by atoms with Crippen molar-refractivity contribution in [3.05, 3.63) is 48.2 Å². The number of nitrogens with zero attached hydrogens (tertiary/aromatic N) is 4. The van der Waals surface area contributed by atoms with Gasteiger partial charge >= 0.3 is 0 Å². The van der Waals surface area contributed by atoms with Crippen LogP contribution in [0.1, 0.15) is 5.56 Å². The summed E-state index contributed by atoms with van der Waals surface area (Å²) in [6.45, 7) is 0.504. The second-order valence-corrected chi connectivity index (χ2v) is 6.91. The maximum absolute atomic E-state index is 12.1. The monoisotopic (exact) mass is 371 g/mol. The number of carbonyl (C=O) groups is 1. The minimum absolute atomic E-state index is 0.0470. The molecule has 0 atom stereocenters. The summed E-state index contributed by atoms with van der Waals surface area (Å²) in [6, 6.07) is 11.7. The van der Waals surface area contributed by atoms with Gasteiger partial charge in [-0.3, -0.25) is 4.79 Å². The van der Waals surface area contributed by atoms with Crippen LogP contribution in [0.3, 0.4) is 0 Å². The average Bonchev–Trinajstić information content (AvgIpc) is 3.28. The van der Waals surface area contributed by atoms with E-state index in [1.54, 1.807) is 12.3 Å². The SMILES string of the molecule is CN(C)c1ccc(CNC(=O)CSc2nnc(-c3ccco3)n2C)cc1. The van der Waals surface area contributed by atoms with E-state index in [1.165, 1.54) is 11.8 Å². The maximum atomic E-state index is 12.1. The molecule has 0 aliphatic heterocycles. The zero-order valence-electron chi connectivity index (χ0n) is 15.0. The number of nitrogens with one attached hydrogen (secondary N) is 1. The van der Waals surface area contributed by atoms with Gasteiger partial charge in [0.15, 0.2) is 16.7 Å². The number of rotatable bonds is 7. The van der Waals surface area contributed by atoms with Crippen LogP contribution in [0.5, 0.6) is 0 Å². The van der Waals surface area contributed by atoms with Crippen molar-refractivity contribution in [1.82, 2.24) is 20.1 Å². The first-order valence-electron chi connectivity index (χ1n) is 8.13. The molecule has 0 spiro atoms. The highest BCUT2D eigenvalue weighted by Gasteiger charge is 2.14. The second kappa shape index (κ2) is 8.09. The highest BCUT2D eigenvalue weighted by Crippen LogP contribution is 2.22. The molecule has 0 fully saturated rings. The smallest absolute Gasteiger partial charge is 0.230 e. The average molecular weight is 371 g/mol. The molecule has 1 aromatic carbocycles. The number of hydrogen-bond acceptors (Lipinski definition) is 6. The molecule has 26 heavy (non-hydrogen) atoms. The van der Waals surface area contributed by atoms with Gasteiger partial charge in [0.1, 0.15) is 0 Å². The van der Waals surface area contributed by atoms with Crippen molar-refractivity contribution in [2.45, 2.75) is 11.7 Å². The maximum Gasteiger partial charge on any atom is 0.230 e. The van der Waals surface area contributed by atoms with Gasteiger partial charge in [-0.2, -0.15) is 0 Å². The van der Waals surface area contributed by atoms with Gasteiger partial charge < -0.3 is 19.2 Å². The van der Waals surface area contributed by atoms with Gasteiger partial charge in [0.05, 0.1) is 12.0 Å². The molecule has 0 saturated carbocycles. The molecular formula is C18H21N5O2S. The van der Waals surface area contributed by atoms with E-state index in [0.717, 1.165) is 11.3 Å². The summed E-state index contributed by atoms with van der Waals surface area (Å²) in [5.74, 6) is 1.52. The van der Waals surface area contributed by atoms with E-state index >= 15 is 0 Å². The summed E-state index contributed by atoms with van der Waals surface area (Å²) < 4.78 is 7.15. The Morgan fingerprint density at radius 1 is 1.23 bits per heavy atom. The van der Waals surface area contributed by atoms with Crippen molar-refractivity contribution < 1.29 is 9.21 Å². The quantitative estimate of drug-likeness (QED) is 0.643. The van der Waals surface area contributed by atoms with Crippen LogP contribution >= 0.6 is 11.8 Å². The Balaban J connectivity index is 1.50. The van der Waals surface area contributed by atoms with Gasteiger partial charge in [-0.25, -0.2) is 0 Å². The Morgan fingerprint density at radius 2 is 2.00 bits per heavy atom. The fraction of sp³-hybridized carbons (Fsp3) is 0.278. The van der Waals surface area contributed by atoms with E-state index in [9.17, 15) is 4.79 Å². The van der Waals surface area contributed by atoms with E-state index in [2.05, 4.69) is 15.5 Å². The predicted octanol–water partition coefficient (Wildman–Crippen LogP) is 2.55. The number of anilines is 1. The van der Waals surface area contributed by atoms with Crippen molar-refractivity contribution in [3.8, 4) is 11.6 Å². The third kappa shape index (κ3) is 4.26. The molecule has 0 radical (unpaired) electrons. The Kier molecular flexibility index (Phi) is 5.62. The minimum atomic E-state index is -0.0470. The number of aromatic nitrogens is 3. The molecule has 1 amide bonds. The summed E-state index contributed by atoms with van der Waals surface area (Å²) in [7, 11) is 5.85. The van der Waals surface area contributed by atoms with Crippen molar-refractivity contribution in [2.24, 2.45) is 7.05 Å².